The maximum Gasteiger partial charge on any atom is 0.227 e. The first-order chi connectivity index (χ1) is 18.9. The van der Waals surface area contributed by atoms with Crippen molar-refractivity contribution in [3.05, 3.63) is 46.9 Å². The highest BCUT2D eigenvalue weighted by molar-refractivity contribution is 7.90. The Bertz CT molecular complexity index is 1360. The molecule has 10 nitrogen and oxygen atoms in total. The topological polar surface area (TPSA) is 120 Å². The van der Waals surface area contributed by atoms with Gasteiger partial charge in [0.2, 0.25) is 5.95 Å². The molecule has 218 valence electrons. The molecule has 1 aromatic heterocycles. The lowest BCUT2D eigenvalue weighted by Gasteiger charge is -2.48. The molecule has 3 heterocycles. The van der Waals surface area contributed by atoms with Crippen LogP contribution in [-0.4, -0.2) is 87.2 Å². The van der Waals surface area contributed by atoms with Gasteiger partial charge in [0.05, 0.1) is 18.0 Å². The molecule has 2 aliphatic heterocycles. The molecule has 1 aromatic carbocycles. The molecule has 2 fully saturated rings. The van der Waals surface area contributed by atoms with Crippen molar-refractivity contribution < 1.29 is 18.3 Å². The zero-order valence-corrected chi connectivity index (χ0v) is 25.1. The van der Waals surface area contributed by atoms with Gasteiger partial charge in [-0.2, -0.15) is 4.98 Å². The predicted octanol–water partition coefficient (Wildman–Crippen LogP) is 3.47. The molecule has 0 radical (unpaired) electrons. The summed E-state index contributed by atoms with van der Waals surface area (Å²) in [7, 11) is -1.41. The Kier molecular flexibility index (Phi) is 9.16. The van der Waals surface area contributed by atoms with Crippen LogP contribution in [0.4, 0.5) is 17.5 Å². The zero-order chi connectivity index (χ0) is 29.2. The molecule has 11 heteroatoms. The van der Waals surface area contributed by atoms with Crippen LogP contribution >= 0.6 is 0 Å². The number of hydrogen-bond acceptors (Lipinski definition) is 10. The number of nitrogens with zero attached hydrogens (tertiary/aromatic N) is 5. The molecule has 0 bridgehead atoms. The van der Waals surface area contributed by atoms with Crippen LogP contribution in [0.5, 0.6) is 0 Å². The second kappa shape index (κ2) is 12.2. The third-order valence-electron chi connectivity index (χ3n) is 8.03. The molecule has 0 amide bonds. The van der Waals surface area contributed by atoms with Gasteiger partial charge in [-0.15, -0.1) is 0 Å². The zero-order valence-electron chi connectivity index (χ0n) is 24.3. The molecular weight excluding hydrogens is 528 g/mol. The van der Waals surface area contributed by atoms with Crippen LogP contribution < -0.4 is 15.1 Å². The number of aliphatic hydroxyl groups excluding tert-OH is 1. The number of sulfone groups is 1. The average molecular weight is 571 g/mol. The molecule has 0 spiro atoms. The number of hydrogen-bond donors (Lipinski definition) is 2. The molecule has 0 aliphatic carbocycles. The van der Waals surface area contributed by atoms with E-state index in [4.69, 9.17) is 4.74 Å². The van der Waals surface area contributed by atoms with Gasteiger partial charge in [-0.3, -0.25) is 0 Å². The summed E-state index contributed by atoms with van der Waals surface area (Å²) in [5.74, 6) is 2.27. The van der Waals surface area contributed by atoms with Gasteiger partial charge in [0.15, 0.2) is 0 Å². The van der Waals surface area contributed by atoms with Crippen molar-refractivity contribution in [2.24, 2.45) is 10.9 Å². The summed E-state index contributed by atoms with van der Waals surface area (Å²) in [6.07, 6.45) is 4.88. The number of aliphatic imine (C=N–C) groups is 1. The molecule has 2 aromatic rings. The average Bonchev–Trinajstić information content (AvgIpc) is 2.91. The van der Waals surface area contributed by atoms with Crippen molar-refractivity contribution in [1.29, 1.82) is 0 Å². The van der Waals surface area contributed by atoms with Gasteiger partial charge in [0, 0.05) is 56.8 Å². The molecule has 4 rings (SSSR count). The number of rotatable bonds is 10. The summed E-state index contributed by atoms with van der Waals surface area (Å²) in [6.45, 7) is 14.1. The number of ether oxygens (including phenoxy) is 1. The maximum atomic E-state index is 11.8. The number of benzene rings is 1. The van der Waals surface area contributed by atoms with E-state index in [2.05, 4.69) is 71.7 Å². The minimum atomic E-state index is -3.02. The highest BCUT2D eigenvalue weighted by Gasteiger charge is 2.38. The Morgan fingerprint density at radius 1 is 1.32 bits per heavy atom. The van der Waals surface area contributed by atoms with Gasteiger partial charge in [-0.05, 0) is 67.8 Å². The number of anilines is 3. The van der Waals surface area contributed by atoms with Crippen LogP contribution in [0.15, 0.2) is 35.2 Å². The first-order valence-corrected chi connectivity index (χ1v) is 15.8. The Labute approximate surface area is 238 Å². The van der Waals surface area contributed by atoms with Gasteiger partial charge < -0.3 is 25.0 Å². The fraction of sp³-hybridized carbons (Fsp3) is 0.552. The summed E-state index contributed by atoms with van der Waals surface area (Å²) in [5.41, 5.74) is 4.44. The Balaban J connectivity index is 1.59. The minimum absolute atomic E-state index is 0.124. The van der Waals surface area contributed by atoms with E-state index >= 15 is 0 Å². The lowest BCUT2D eigenvalue weighted by atomic mass is 9.87. The Hall–Kier alpha value is -3.02. The van der Waals surface area contributed by atoms with Gasteiger partial charge >= 0.3 is 0 Å². The van der Waals surface area contributed by atoms with E-state index in [0.717, 1.165) is 16.8 Å². The number of aromatic nitrogens is 2. The fourth-order valence-corrected chi connectivity index (χ4v) is 6.82. The molecule has 40 heavy (non-hydrogen) atoms. The molecule has 0 saturated carbocycles. The van der Waals surface area contributed by atoms with Crippen molar-refractivity contribution in [2.75, 3.05) is 53.9 Å². The summed E-state index contributed by atoms with van der Waals surface area (Å²) in [5, 5.41) is 13.7. The van der Waals surface area contributed by atoms with Crippen molar-refractivity contribution in [2.45, 2.75) is 58.3 Å². The van der Waals surface area contributed by atoms with E-state index < -0.39 is 15.9 Å². The quantitative estimate of drug-likeness (QED) is 0.414. The Morgan fingerprint density at radius 2 is 2.08 bits per heavy atom. The third-order valence-corrected chi connectivity index (χ3v) is 9.06. The van der Waals surface area contributed by atoms with Crippen LogP contribution in [0, 0.1) is 12.8 Å². The lowest BCUT2D eigenvalue weighted by molar-refractivity contribution is -0.0219. The largest absolute Gasteiger partial charge is 0.389 e. The van der Waals surface area contributed by atoms with Crippen LogP contribution in [0.1, 0.15) is 49.8 Å². The number of nitrogens with one attached hydrogen (secondary N) is 1. The van der Waals surface area contributed by atoms with Gasteiger partial charge in [0.25, 0.3) is 0 Å². The minimum Gasteiger partial charge on any atom is -0.389 e. The number of aliphatic hydroxyl groups is 1. The third kappa shape index (κ3) is 6.64. The van der Waals surface area contributed by atoms with E-state index in [1.807, 2.05) is 11.0 Å². The molecule has 2 saturated heterocycles. The van der Waals surface area contributed by atoms with Crippen molar-refractivity contribution in [3.63, 3.8) is 0 Å². The van der Waals surface area contributed by atoms with Crippen molar-refractivity contribution in [1.82, 2.24) is 9.97 Å². The van der Waals surface area contributed by atoms with Crippen molar-refractivity contribution >= 4 is 40.1 Å². The van der Waals surface area contributed by atoms with E-state index in [0.29, 0.717) is 43.6 Å². The van der Waals surface area contributed by atoms with Gasteiger partial charge in [-0.25, -0.2) is 18.4 Å². The van der Waals surface area contributed by atoms with Gasteiger partial charge in [-0.1, -0.05) is 19.9 Å². The predicted molar refractivity (Wildman–Crippen MR) is 162 cm³/mol. The van der Waals surface area contributed by atoms with Crippen LogP contribution in [0.3, 0.4) is 0 Å². The van der Waals surface area contributed by atoms with Crippen LogP contribution in [0.2, 0.25) is 0 Å². The Morgan fingerprint density at radius 3 is 2.67 bits per heavy atom. The molecule has 2 aliphatic rings. The molecule has 4 atom stereocenters. The SMILES string of the molecule is C=N/C(=C\c1c(C(C)C)ccc(N2C[C@H](CS(C)(=O)=O)[C@H]2C)c1C)Nc1ccnc(N2CC[C@H](OC)[C@H](O)C2)n1. The smallest absolute Gasteiger partial charge is 0.227 e. The maximum absolute atomic E-state index is 11.8. The highest BCUT2D eigenvalue weighted by Crippen LogP contribution is 2.38. The first kappa shape index (κ1) is 30.0. The normalized spacial score (nSPS) is 23.8. The van der Waals surface area contributed by atoms with E-state index in [9.17, 15) is 13.5 Å². The number of β-amino-alcohol motifs (C(OH)–C–C–N with tert-alkyl or cyclic N) is 1. The second-order valence-corrected chi connectivity index (χ2v) is 13.4. The van der Waals surface area contributed by atoms with Crippen LogP contribution in [-0.2, 0) is 14.6 Å². The van der Waals surface area contributed by atoms with Gasteiger partial charge in [0.1, 0.15) is 21.5 Å². The van der Waals surface area contributed by atoms with E-state index in [-0.39, 0.29) is 29.7 Å². The van der Waals surface area contributed by atoms with Crippen molar-refractivity contribution in [3.8, 4) is 0 Å². The number of methoxy groups -OCH3 is 1. The lowest BCUT2D eigenvalue weighted by Crippen LogP contribution is -2.57. The molecule has 0 unspecified atom stereocenters. The standard InChI is InChI=1S/C29H42N6O4S/c1-18(2)22-8-9-24(35-15-21(20(35)4)17-40(7,37)38)19(3)23(22)14-28(30-5)32-27-10-12-31-29(33-27)34-13-11-26(39-6)25(36)16-34/h8-10,12,14,18,20-21,25-26,36H,5,11,13,15-17H2,1-4,6-7H3,(H,31,32,33)/b28-14+/t20-,21-,25-,26+/m1/s1. The van der Waals surface area contributed by atoms with Crippen LogP contribution in [0.25, 0.3) is 6.08 Å². The van der Waals surface area contributed by atoms with E-state index in [1.54, 1.807) is 19.4 Å². The fourth-order valence-electron chi connectivity index (χ4n) is 5.66. The summed E-state index contributed by atoms with van der Waals surface area (Å²) >= 11 is 0. The highest BCUT2D eigenvalue weighted by atomic mass is 32.2. The second-order valence-electron chi connectivity index (χ2n) is 11.2. The number of piperidine rings is 1. The summed E-state index contributed by atoms with van der Waals surface area (Å²) < 4.78 is 29.0. The summed E-state index contributed by atoms with van der Waals surface area (Å²) in [4.78, 5) is 17.6. The summed E-state index contributed by atoms with van der Waals surface area (Å²) in [6, 6.07) is 6.20. The molecular formula is C29H42N6O4S. The molecule has 2 N–H and O–H groups in total. The monoisotopic (exact) mass is 570 g/mol. The first-order valence-electron chi connectivity index (χ1n) is 13.7. The van der Waals surface area contributed by atoms with E-state index in [1.165, 1.54) is 11.8 Å².